The van der Waals surface area contributed by atoms with E-state index >= 15 is 0 Å². The molecule has 0 spiro atoms. The first-order chi connectivity index (χ1) is 25.1. The fourth-order valence-corrected chi connectivity index (χ4v) is 9.08. The predicted molar refractivity (Wildman–Crippen MR) is 214 cm³/mol. The van der Waals surface area contributed by atoms with E-state index < -0.39 is 0 Å². The van der Waals surface area contributed by atoms with Crippen molar-refractivity contribution >= 4 is 31.5 Å². The largest absolute Gasteiger partial charge is 0.228 e. The first-order valence-corrected chi connectivity index (χ1v) is 18.2. The van der Waals surface area contributed by atoms with Crippen LogP contribution in [-0.2, 0) is 5.41 Å². The van der Waals surface area contributed by atoms with E-state index in [1.807, 2.05) is 29.5 Å². The molecule has 9 aromatic rings. The van der Waals surface area contributed by atoms with E-state index in [2.05, 4.69) is 165 Å². The van der Waals surface area contributed by atoms with Crippen LogP contribution >= 0.6 is 11.3 Å². The molecule has 0 radical (unpaired) electrons. The minimum atomic E-state index is -0.229. The van der Waals surface area contributed by atoms with Crippen LogP contribution in [0.25, 0.3) is 76.3 Å². The summed E-state index contributed by atoms with van der Waals surface area (Å²) in [6.07, 6.45) is 0. The minimum Gasteiger partial charge on any atom is -0.228 e. The van der Waals surface area contributed by atoms with E-state index in [9.17, 15) is 0 Å². The summed E-state index contributed by atoms with van der Waals surface area (Å²) in [5, 5.41) is 2.59. The Bertz CT molecular complexity index is 2750. The third-order valence-electron chi connectivity index (χ3n) is 10.6. The van der Waals surface area contributed by atoms with Crippen molar-refractivity contribution in [2.75, 3.05) is 0 Å². The second-order valence-corrected chi connectivity index (χ2v) is 14.6. The standard InChI is InChI=1S/C48H32N2S/c1-48(36-14-6-3-7-15-36)41-18-10-8-16-37(41)38-26-24-34(28-42(38)48)31-20-22-32(23-21-31)43-30-44(50-47(49-43)33-12-4-2-5-13-33)35-25-27-40-39-17-9-11-19-45(39)51-46(40)29-35/h2-30H,1H3. The summed E-state index contributed by atoms with van der Waals surface area (Å²) < 4.78 is 2.57. The topological polar surface area (TPSA) is 25.8 Å². The number of hydrogen-bond donors (Lipinski definition) is 0. The van der Waals surface area contributed by atoms with Crippen molar-refractivity contribution in [1.29, 1.82) is 0 Å². The number of aromatic nitrogens is 2. The predicted octanol–water partition coefficient (Wildman–Crippen LogP) is 12.8. The normalized spacial score (nSPS) is 14.8. The molecule has 2 aromatic heterocycles. The molecular formula is C48H32N2S. The highest BCUT2D eigenvalue weighted by molar-refractivity contribution is 7.25. The van der Waals surface area contributed by atoms with Gasteiger partial charge in [0.05, 0.1) is 11.4 Å². The van der Waals surface area contributed by atoms with Crippen molar-refractivity contribution in [2.24, 2.45) is 0 Å². The third kappa shape index (κ3) is 4.85. The number of hydrogen-bond acceptors (Lipinski definition) is 3. The Morgan fingerprint density at radius 2 is 1.02 bits per heavy atom. The van der Waals surface area contributed by atoms with Crippen LogP contribution in [0.1, 0.15) is 23.6 Å². The van der Waals surface area contributed by atoms with Gasteiger partial charge in [-0.15, -0.1) is 11.3 Å². The van der Waals surface area contributed by atoms with Crippen LogP contribution in [0.15, 0.2) is 176 Å². The van der Waals surface area contributed by atoms with Gasteiger partial charge in [0.2, 0.25) is 0 Å². The van der Waals surface area contributed by atoms with E-state index in [1.165, 1.54) is 59.1 Å². The van der Waals surface area contributed by atoms with Crippen LogP contribution in [0.2, 0.25) is 0 Å². The van der Waals surface area contributed by atoms with Crippen LogP contribution in [-0.4, -0.2) is 9.97 Å². The number of fused-ring (bicyclic) bond motifs is 6. The first kappa shape index (κ1) is 29.7. The first-order valence-electron chi connectivity index (χ1n) is 17.4. The van der Waals surface area contributed by atoms with Gasteiger partial charge in [-0.1, -0.05) is 152 Å². The summed E-state index contributed by atoms with van der Waals surface area (Å²) in [5.74, 6) is 0.724. The van der Waals surface area contributed by atoms with E-state index in [1.54, 1.807) is 0 Å². The Hall–Kier alpha value is -6.16. The van der Waals surface area contributed by atoms with Crippen LogP contribution < -0.4 is 0 Å². The molecular weight excluding hydrogens is 637 g/mol. The molecule has 0 amide bonds. The Labute approximate surface area is 301 Å². The molecule has 2 nitrogen and oxygen atoms in total. The van der Waals surface area contributed by atoms with Crippen LogP contribution in [0, 0.1) is 0 Å². The molecule has 10 rings (SSSR count). The summed E-state index contributed by atoms with van der Waals surface area (Å²) in [7, 11) is 0. The molecule has 0 aliphatic heterocycles. The molecule has 0 N–H and O–H groups in total. The summed E-state index contributed by atoms with van der Waals surface area (Å²) >= 11 is 1.83. The van der Waals surface area contributed by atoms with Crippen molar-refractivity contribution in [2.45, 2.75) is 12.3 Å². The maximum atomic E-state index is 5.11. The van der Waals surface area contributed by atoms with Gasteiger partial charge in [0, 0.05) is 42.3 Å². The van der Waals surface area contributed by atoms with Crippen molar-refractivity contribution in [3.05, 3.63) is 193 Å². The fourth-order valence-electron chi connectivity index (χ4n) is 7.93. The van der Waals surface area contributed by atoms with Crippen molar-refractivity contribution in [1.82, 2.24) is 9.97 Å². The van der Waals surface area contributed by atoms with E-state index in [4.69, 9.17) is 9.97 Å². The lowest BCUT2D eigenvalue weighted by Crippen LogP contribution is -2.22. The number of rotatable bonds is 5. The average molecular weight is 669 g/mol. The van der Waals surface area contributed by atoms with Gasteiger partial charge in [0.15, 0.2) is 5.82 Å². The lowest BCUT2D eigenvalue weighted by molar-refractivity contribution is 0.714. The van der Waals surface area contributed by atoms with Crippen LogP contribution in [0.5, 0.6) is 0 Å². The monoisotopic (exact) mass is 668 g/mol. The smallest absolute Gasteiger partial charge is 0.160 e. The molecule has 51 heavy (non-hydrogen) atoms. The number of nitrogens with zero attached hydrogens (tertiary/aromatic N) is 2. The van der Waals surface area contributed by atoms with Crippen molar-refractivity contribution in [3.63, 3.8) is 0 Å². The zero-order valence-electron chi connectivity index (χ0n) is 28.0. The molecule has 0 fully saturated rings. The maximum absolute atomic E-state index is 5.11. The maximum Gasteiger partial charge on any atom is 0.160 e. The van der Waals surface area contributed by atoms with Crippen molar-refractivity contribution in [3.8, 4) is 56.2 Å². The third-order valence-corrected chi connectivity index (χ3v) is 11.7. The molecule has 3 heteroatoms. The average Bonchev–Trinajstić information content (AvgIpc) is 3.71. The van der Waals surface area contributed by atoms with Gasteiger partial charge < -0.3 is 0 Å². The van der Waals surface area contributed by atoms with Gasteiger partial charge >= 0.3 is 0 Å². The second kappa shape index (κ2) is 11.7. The highest BCUT2D eigenvalue weighted by atomic mass is 32.1. The fraction of sp³-hybridized carbons (Fsp3) is 0.0417. The SMILES string of the molecule is CC1(c2ccccc2)c2ccccc2-c2ccc(-c3ccc(-c4cc(-c5ccc6c(c5)sc5ccccc56)nc(-c5ccccc5)n4)cc3)cc21. The molecule has 1 aliphatic carbocycles. The second-order valence-electron chi connectivity index (χ2n) is 13.5. The lowest BCUT2D eigenvalue weighted by atomic mass is 9.74. The Kier molecular flexibility index (Phi) is 6.83. The number of thiophene rings is 1. The Balaban J connectivity index is 1.05. The van der Waals surface area contributed by atoms with Gasteiger partial charge in [0.25, 0.3) is 0 Å². The zero-order chi connectivity index (χ0) is 33.9. The van der Waals surface area contributed by atoms with Crippen LogP contribution in [0.4, 0.5) is 0 Å². The van der Waals surface area contributed by atoms with Crippen LogP contribution in [0.3, 0.4) is 0 Å². The molecule has 1 aliphatic rings. The van der Waals surface area contributed by atoms with E-state index in [0.29, 0.717) is 0 Å². The van der Waals surface area contributed by atoms with Gasteiger partial charge in [-0.05, 0) is 70.1 Å². The molecule has 240 valence electrons. The molecule has 0 saturated heterocycles. The van der Waals surface area contributed by atoms with E-state index in [0.717, 1.165) is 33.9 Å². The molecule has 0 bridgehead atoms. The molecule has 7 aromatic carbocycles. The quantitative estimate of drug-likeness (QED) is 0.182. The highest BCUT2D eigenvalue weighted by Gasteiger charge is 2.40. The molecule has 1 atom stereocenters. The molecule has 0 saturated carbocycles. The van der Waals surface area contributed by atoms with Gasteiger partial charge in [-0.25, -0.2) is 9.97 Å². The minimum absolute atomic E-state index is 0.229. The lowest BCUT2D eigenvalue weighted by Gasteiger charge is -2.28. The summed E-state index contributed by atoms with van der Waals surface area (Å²) in [6, 6.07) is 63.3. The summed E-state index contributed by atoms with van der Waals surface area (Å²) in [6.45, 7) is 2.37. The zero-order valence-corrected chi connectivity index (χ0v) is 28.9. The highest BCUT2D eigenvalue weighted by Crippen LogP contribution is 2.53. The van der Waals surface area contributed by atoms with Gasteiger partial charge in [-0.3, -0.25) is 0 Å². The summed E-state index contributed by atoms with van der Waals surface area (Å²) in [4.78, 5) is 10.2. The van der Waals surface area contributed by atoms with E-state index in [-0.39, 0.29) is 5.41 Å². The Morgan fingerprint density at radius 3 is 1.84 bits per heavy atom. The van der Waals surface area contributed by atoms with Gasteiger partial charge in [-0.2, -0.15) is 0 Å². The van der Waals surface area contributed by atoms with Gasteiger partial charge in [0.1, 0.15) is 0 Å². The van der Waals surface area contributed by atoms with Crippen molar-refractivity contribution < 1.29 is 0 Å². The Morgan fingerprint density at radius 1 is 0.412 bits per heavy atom. The molecule has 2 heterocycles. The summed E-state index contributed by atoms with van der Waals surface area (Å²) in [5.41, 5.74) is 13.8. The molecule has 1 unspecified atom stereocenters. The number of benzene rings is 7.